The van der Waals surface area contributed by atoms with E-state index in [4.69, 9.17) is 9.47 Å². The summed E-state index contributed by atoms with van der Waals surface area (Å²) in [5, 5.41) is 8.60. The van der Waals surface area contributed by atoms with E-state index in [0.717, 1.165) is 16.3 Å². The van der Waals surface area contributed by atoms with Crippen LogP contribution in [0.1, 0.15) is 22.8 Å². The van der Waals surface area contributed by atoms with Gasteiger partial charge in [-0.15, -0.1) is 0 Å². The fourth-order valence-corrected chi connectivity index (χ4v) is 2.99. The number of benzene rings is 3. The Balaban J connectivity index is 1.65. The van der Waals surface area contributed by atoms with Crippen molar-refractivity contribution in [3.8, 4) is 11.5 Å². The summed E-state index contributed by atoms with van der Waals surface area (Å²) in [5.74, 6) is 0.262. The molecular formula is C23H23N3O4. The fraction of sp³-hybridized carbons (Fsp3) is 0.174. The Morgan fingerprint density at radius 2 is 1.77 bits per heavy atom. The molecule has 0 fully saturated rings. The van der Waals surface area contributed by atoms with Gasteiger partial charge in [0.25, 0.3) is 11.8 Å². The van der Waals surface area contributed by atoms with Crippen molar-refractivity contribution in [2.75, 3.05) is 20.3 Å². The second-order valence-electron chi connectivity index (χ2n) is 6.31. The van der Waals surface area contributed by atoms with Gasteiger partial charge in [0.05, 0.1) is 32.0 Å². The zero-order valence-electron chi connectivity index (χ0n) is 16.8. The van der Waals surface area contributed by atoms with Crippen molar-refractivity contribution < 1.29 is 19.1 Å². The Hall–Kier alpha value is -3.87. The lowest BCUT2D eigenvalue weighted by Gasteiger charge is -2.10. The number of nitrogens with one attached hydrogen (secondary N) is 2. The van der Waals surface area contributed by atoms with Crippen LogP contribution in [0, 0.1) is 0 Å². The number of ether oxygens (including phenoxy) is 2. The summed E-state index contributed by atoms with van der Waals surface area (Å²) in [6, 6.07) is 18.5. The lowest BCUT2D eigenvalue weighted by molar-refractivity contribution is -0.120. The van der Waals surface area contributed by atoms with Crippen LogP contribution in [0.4, 0.5) is 0 Å². The summed E-state index contributed by atoms with van der Waals surface area (Å²) in [6.07, 6.45) is 1.55. The van der Waals surface area contributed by atoms with E-state index in [9.17, 15) is 9.59 Å². The molecule has 7 heteroatoms. The quantitative estimate of drug-likeness (QED) is 0.445. The monoisotopic (exact) mass is 405 g/mol. The molecule has 2 N–H and O–H groups in total. The van der Waals surface area contributed by atoms with Gasteiger partial charge in [0, 0.05) is 5.56 Å². The summed E-state index contributed by atoms with van der Waals surface area (Å²) in [7, 11) is 1.48. The van der Waals surface area contributed by atoms with Crippen LogP contribution in [-0.2, 0) is 4.79 Å². The molecule has 0 saturated carbocycles. The van der Waals surface area contributed by atoms with Gasteiger partial charge in [-0.3, -0.25) is 9.59 Å². The van der Waals surface area contributed by atoms with Crippen molar-refractivity contribution >= 4 is 28.8 Å². The molecule has 3 aromatic rings. The van der Waals surface area contributed by atoms with E-state index < -0.39 is 11.8 Å². The third-order valence-electron chi connectivity index (χ3n) is 4.37. The lowest BCUT2D eigenvalue weighted by atomic mass is 10.0. The predicted molar refractivity (Wildman–Crippen MR) is 116 cm³/mol. The van der Waals surface area contributed by atoms with Crippen molar-refractivity contribution in [2.45, 2.75) is 6.92 Å². The van der Waals surface area contributed by atoms with Crippen molar-refractivity contribution in [1.82, 2.24) is 10.7 Å². The number of rotatable bonds is 8. The number of methoxy groups -OCH3 is 1. The first-order chi connectivity index (χ1) is 14.6. The Labute approximate surface area is 174 Å². The number of nitrogens with zero attached hydrogens (tertiary/aromatic N) is 1. The Bertz CT molecular complexity index is 1080. The summed E-state index contributed by atoms with van der Waals surface area (Å²) in [5.41, 5.74) is 3.56. The molecule has 30 heavy (non-hydrogen) atoms. The summed E-state index contributed by atoms with van der Waals surface area (Å²) < 4.78 is 10.8. The maximum Gasteiger partial charge on any atom is 0.259 e. The lowest BCUT2D eigenvalue weighted by Crippen LogP contribution is -2.35. The number of carbonyl (C=O) groups excluding carboxylic acids is 2. The summed E-state index contributed by atoms with van der Waals surface area (Å²) in [6.45, 7) is 2.20. The number of carbonyl (C=O) groups is 2. The number of para-hydroxylation sites is 1. The van der Waals surface area contributed by atoms with E-state index in [1.54, 1.807) is 30.5 Å². The standard InChI is InChI=1S/C23H23N3O4/c1-3-30-21-13-12-16-8-4-5-9-17(16)19(21)14-25-26-22(27)15-24-23(28)18-10-6-7-11-20(18)29-2/h4-14H,3,15H2,1-2H3,(H,24,28)(H,26,27). The molecule has 0 heterocycles. The van der Waals surface area contributed by atoms with Crippen molar-refractivity contribution in [3.63, 3.8) is 0 Å². The van der Waals surface area contributed by atoms with Crippen LogP contribution in [-0.4, -0.2) is 38.3 Å². The third-order valence-corrected chi connectivity index (χ3v) is 4.37. The van der Waals surface area contributed by atoms with Crippen LogP contribution >= 0.6 is 0 Å². The predicted octanol–water partition coefficient (Wildman–Crippen LogP) is 3.13. The third kappa shape index (κ3) is 4.94. The molecule has 2 amide bonds. The minimum Gasteiger partial charge on any atom is -0.496 e. The molecule has 7 nitrogen and oxygen atoms in total. The molecule has 0 aliphatic carbocycles. The molecule has 0 bridgehead atoms. The average Bonchev–Trinajstić information content (AvgIpc) is 2.78. The Morgan fingerprint density at radius 3 is 2.57 bits per heavy atom. The highest BCUT2D eigenvalue weighted by Gasteiger charge is 2.12. The second kappa shape index (κ2) is 10.1. The number of hydrogen-bond donors (Lipinski definition) is 2. The van der Waals surface area contributed by atoms with Crippen LogP contribution in [0.2, 0.25) is 0 Å². The molecule has 3 rings (SSSR count). The van der Waals surface area contributed by atoms with Crippen molar-refractivity contribution in [3.05, 3.63) is 71.8 Å². The van der Waals surface area contributed by atoms with E-state index in [0.29, 0.717) is 23.7 Å². The molecule has 0 atom stereocenters. The molecule has 0 radical (unpaired) electrons. The number of amides is 2. The first-order valence-electron chi connectivity index (χ1n) is 9.51. The van der Waals surface area contributed by atoms with Gasteiger partial charge in [-0.05, 0) is 35.9 Å². The first-order valence-corrected chi connectivity index (χ1v) is 9.51. The van der Waals surface area contributed by atoms with Gasteiger partial charge in [0.15, 0.2) is 0 Å². The minimum atomic E-state index is -0.451. The van der Waals surface area contributed by atoms with Crippen LogP contribution in [0.5, 0.6) is 11.5 Å². The second-order valence-corrected chi connectivity index (χ2v) is 6.31. The van der Waals surface area contributed by atoms with Gasteiger partial charge >= 0.3 is 0 Å². The van der Waals surface area contributed by atoms with Gasteiger partial charge in [-0.25, -0.2) is 5.43 Å². The van der Waals surface area contributed by atoms with Crippen LogP contribution < -0.4 is 20.2 Å². The zero-order valence-corrected chi connectivity index (χ0v) is 16.8. The normalized spacial score (nSPS) is 10.7. The van der Waals surface area contributed by atoms with Gasteiger partial charge < -0.3 is 14.8 Å². The fourth-order valence-electron chi connectivity index (χ4n) is 2.99. The highest BCUT2D eigenvalue weighted by molar-refractivity contribution is 6.03. The van der Waals surface area contributed by atoms with Gasteiger partial charge in [-0.1, -0.05) is 42.5 Å². The van der Waals surface area contributed by atoms with E-state index in [2.05, 4.69) is 15.8 Å². The van der Waals surface area contributed by atoms with Crippen LogP contribution in [0.25, 0.3) is 10.8 Å². The molecule has 0 aliphatic heterocycles. The topological polar surface area (TPSA) is 89.0 Å². The van der Waals surface area contributed by atoms with Crippen LogP contribution in [0.15, 0.2) is 65.8 Å². The number of hydrazone groups is 1. The number of fused-ring (bicyclic) bond motifs is 1. The first kappa shape index (κ1) is 20.9. The number of hydrogen-bond acceptors (Lipinski definition) is 5. The Kier molecular flexibility index (Phi) is 7.00. The Morgan fingerprint density at radius 1 is 1.00 bits per heavy atom. The maximum absolute atomic E-state index is 12.3. The SMILES string of the molecule is CCOc1ccc2ccccc2c1C=NNC(=O)CNC(=O)c1ccccc1OC. The maximum atomic E-state index is 12.3. The molecule has 0 saturated heterocycles. The molecule has 0 aromatic heterocycles. The van der Waals surface area contributed by atoms with E-state index in [-0.39, 0.29) is 6.54 Å². The average molecular weight is 405 g/mol. The van der Waals surface area contributed by atoms with Crippen LogP contribution in [0.3, 0.4) is 0 Å². The molecule has 0 unspecified atom stereocenters. The summed E-state index contributed by atoms with van der Waals surface area (Å²) in [4.78, 5) is 24.4. The molecular weight excluding hydrogens is 382 g/mol. The molecule has 0 aliphatic rings. The highest BCUT2D eigenvalue weighted by atomic mass is 16.5. The van der Waals surface area contributed by atoms with Gasteiger partial charge in [0.2, 0.25) is 0 Å². The minimum absolute atomic E-state index is 0.220. The smallest absolute Gasteiger partial charge is 0.259 e. The van der Waals surface area contributed by atoms with E-state index >= 15 is 0 Å². The van der Waals surface area contributed by atoms with E-state index in [1.165, 1.54) is 7.11 Å². The van der Waals surface area contributed by atoms with Crippen molar-refractivity contribution in [2.24, 2.45) is 5.10 Å². The largest absolute Gasteiger partial charge is 0.496 e. The highest BCUT2D eigenvalue weighted by Crippen LogP contribution is 2.26. The molecule has 154 valence electrons. The zero-order chi connectivity index (χ0) is 21.3. The van der Waals surface area contributed by atoms with E-state index in [1.807, 2.05) is 43.3 Å². The van der Waals surface area contributed by atoms with Crippen molar-refractivity contribution in [1.29, 1.82) is 0 Å². The van der Waals surface area contributed by atoms with Gasteiger partial charge in [-0.2, -0.15) is 5.10 Å². The summed E-state index contributed by atoms with van der Waals surface area (Å²) >= 11 is 0. The molecule has 3 aromatic carbocycles. The molecule has 0 spiro atoms. The van der Waals surface area contributed by atoms with Gasteiger partial charge in [0.1, 0.15) is 11.5 Å².